The Balaban J connectivity index is 1.78. The van der Waals surface area contributed by atoms with Crippen molar-refractivity contribution in [2.45, 2.75) is 45.9 Å². The van der Waals surface area contributed by atoms with E-state index in [1.807, 2.05) is 11.8 Å². The van der Waals surface area contributed by atoms with Crippen LogP contribution in [-0.4, -0.2) is 16.5 Å². The van der Waals surface area contributed by atoms with E-state index < -0.39 is 0 Å². The first-order valence-electron chi connectivity index (χ1n) is 9.24. The Morgan fingerprint density at radius 1 is 1.22 bits per heavy atom. The minimum Gasteiger partial charge on any atom is -0.336 e. The lowest BCUT2D eigenvalue weighted by molar-refractivity contribution is 0.406. The molecule has 2 aromatic rings. The standard InChI is InChI=1S/C22H26N4S/c1-16-5-10-20(27-16)18-8-6-17(7-9-18)14-26(15-22(2,3)4)21-24-12-11-19(13-23)25-21/h5-9,11-12,20H,10,14-15H2,1-4H3. The van der Waals surface area contributed by atoms with Gasteiger partial charge in [0, 0.05) is 24.5 Å². The molecule has 3 rings (SSSR count). The molecule has 0 saturated heterocycles. The minimum absolute atomic E-state index is 0.0929. The van der Waals surface area contributed by atoms with Crippen molar-refractivity contribution < 1.29 is 0 Å². The van der Waals surface area contributed by atoms with E-state index in [9.17, 15) is 0 Å². The highest BCUT2D eigenvalue weighted by Crippen LogP contribution is 2.43. The van der Waals surface area contributed by atoms with Gasteiger partial charge >= 0.3 is 0 Å². The van der Waals surface area contributed by atoms with Crippen LogP contribution in [0.3, 0.4) is 0 Å². The van der Waals surface area contributed by atoms with E-state index in [1.165, 1.54) is 16.0 Å². The number of benzene rings is 1. The zero-order valence-electron chi connectivity index (χ0n) is 16.4. The van der Waals surface area contributed by atoms with Crippen LogP contribution in [0.2, 0.25) is 0 Å². The molecule has 5 heteroatoms. The van der Waals surface area contributed by atoms with E-state index >= 15 is 0 Å². The second-order valence-corrected chi connectivity index (χ2v) is 9.62. The number of hydrogen-bond acceptors (Lipinski definition) is 5. The Kier molecular flexibility index (Phi) is 5.86. The van der Waals surface area contributed by atoms with E-state index in [2.05, 4.69) is 79.0 Å². The van der Waals surface area contributed by atoms with Crippen molar-refractivity contribution in [2.24, 2.45) is 5.41 Å². The van der Waals surface area contributed by atoms with Crippen molar-refractivity contribution in [1.82, 2.24) is 9.97 Å². The van der Waals surface area contributed by atoms with Crippen molar-refractivity contribution in [1.29, 1.82) is 5.26 Å². The molecular weight excluding hydrogens is 352 g/mol. The van der Waals surface area contributed by atoms with E-state index in [-0.39, 0.29) is 5.41 Å². The van der Waals surface area contributed by atoms with E-state index in [0.717, 1.165) is 19.5 Å². The predicted octanol–water partition coefficient (Wildman–Crippen LogP) is 5.48. The Hall–Kier alpha value is -2.32. The number of thioether (sulfide) groups is 1. The van der Waals surface area contributed by atoms with Gasteiger partial charge in [-0.3, -0.25) is 0 Å². The molecule has 140 valence electrons. The lowest BCUT2D eigenvalue weighted by atomic mass is 9.96. The molecule has 0 aliphatic carbocycles. The lowest BCUT2D eigenvalue weighted by Crippen LogP contribution is -2.33. The topological polar surface area (TPSA) is 52.8 Å². The fourth-order valence-corrected chi connectivity index (χ4v) is 4.32. The van der Waals surface area contributed by atoms with Gasteiger partial charge in [0.25, 0.3) is 0 Å². The molecule has 0 radical (unpaired) electrons. The maximum atomic E-state index is 9.15. The van der Waals surface area contributed by atoms with Gasteiger partial charge in [-0.25, -0.2) is 9.97 Å². The van der Waals surface area contributed by atoms with E-state index in [1.54, 1.807) is 12.3 Å². The summed E-state index contributed by atoms with van der Waals surface area (Å²) in [5.74, 6) is 0.610. The monoisotopic (exact) mass is 378 g/mol. The summed E-state index contributed by atoms with van der Waals surface area (Å²) < 4.78 is 0. The van der Waals surface area contributed by atoms with Crippen LogP contribution in [0.5, 0.6) is 0 Å². The molecule has 1 atom stereocenters. The van der Waals surface area contributed by atoms with Crippen LogP contribution in [-0.2, 0) is 6.54 Å². The van der Waals surface area contributed by atoms with Crippen LogP contribution in [0.25, 0.3) is 0 Å². The molecule has 4 nitrogen and oxygen atoms in total. The molecular formula is C22H26N4S. The summed E-state index contributed by atoms with van der Waals surface area (Å²) in [6, 6.07) is 12.6. The van der Waals surface area contributed by atoms with E-state index in [0.29, 0.717) is 16.9 Å². The predicted molar refractivity (Wildman–Crippen MR) is 112 cm³/mol. The number of anilines is 1. The van der Waals surface area contributed by atoms with Crippen LogP contribution >= 0.6 is 11.8 Å². The van der Waals surface area contributed by atoms with Gasteiger partial charge in [-0.15, -0.1) is 11.8 Å². The molecule has 27 heavy (non-hydrogen) atoms. The van der Waals surface area contributed by atoms with Gasteiger partial charge in [-0.05, 0) is 40.9 Å². The Morgan fingerprint density at radius 2 is 1.96 bits per heavy atom. The number of nitrogens with zero attached hydrogens (tertiary/aromatic N) is 4. The first-order chi connectivity index (χ1) is 12.8. The second-order valence-electron chi connectivity index (χ2n) is 8.17. The van der Waals surface area contributed by atoms with Crippen molar-refractivity contribution in [2.75, 3.05) is 11.4 Å². The molecule has 0 bridgehead atoms. The van der Waals surface area contributed by atoms with Crippen LogP contribution < -0.4 is 4.90 Å². The normalized spacial score (nSPS) is 16.7. The van der Waals surface area contributed by atoms with Gasteiger partial charge in [-0.2, -0.15) is 5.26 Å². The smallest absolute Gasteiger partial charge is 0.226 e. The van der Waals surface area contributed by atoms with Crippen molar-refractivity contribution in [3.05, 3.63) is 64.3 Å². The summed E-state index contributed by atoms with van der Waals surface area (Å²) >= 11 is 1.95. The molecule has 0 saturated carbocycles. The first-order valence-corrected chi connectivity index (χ1v) is 10.1. The number of nitriles is 1. The number of rotatable bonds is 5. The van der Waals surface area contributed by atoms with Crippen molar-refractivity contribution in [3.63, 3.8) is 0 Å². The third-order valence-electron chi connectivity index (χ3n) is 4.38. The highest BCUT2D eigenvalue weighted by atomic mass is 32.2. The van der Waals surface area contributed by atoms with Gasteiger partial charge in [0.1, 0.15) is 11.8 Å². The van der Waals surface area contributed by atoms with Gasteiger partial charge in [0.15, 0.2) is 0 Å². The molecule has 0 amide bonds. The molecule has 0 N–H and O–H groups in total. The molecule has 1 aromatic carbocycles. The van der Waals surface area contributed by atoms with Crippen LogP contribution in [0.15, 0.2) is 47.5 Å². The Morgan fingerprint density at radius 3 is 2.56 bits per heavy atom. The summed E-state index contributed by atoms with van der Waals surface area (Å²) in [5.41, 5.74) is 3.09. The van der Waals surface area contributed by atoms with Crippen molar-refractivity contribution in [3.8, 4) is 6.07 Å². The molecule has 1 aliphatic heterocycles. The summed E-state index contributed by atoms with van der Waals surface area (Å²) in [4.78, 5) is 12.4. The largest absolute Gasteiger partial charge is 0.336 e. The zero-order valence-corrected chi connectivity index (χ0v) is 17.3. The fraction of sp³-hybridized carbons (Fsp3) is 0.409. The lowest BCUT2D eigenvalue weighted by Gasteiger charge is -2.30. The maximum Gasteiger partial charge on any atom is 0.226 e. The van der Waals surface area contributed by atoms with E-state index in [4.69, 9.17) is 5.26 Å². The summed E-state index contributed by atoms with van der Waals surface area (Å²) in [6.07, 6.45) is 5.08. The van der Waals surface area contributed by atoms with Gasteiger partial charge in [-0.1, -0.05) is 51.1 Å². The molecule has 0 spiro atoms. The zero-order chi connectivity index (χ0) is 19.4. The average Bonchev–Trinajstić information content (AvgIpc) is 3.07. The first kappa shape index (κ1) is 19.4. The van der Waals surface area contributed by atoms with Crippen molar-refractivity contribution >= 4 is 17.7 Å². The van der Waals surface area contributed by atoms with Crippen LogP contribution in [0, 0.1) is 16.7 Å². The van der Waals surface area contributed by atoms with Crippen LogP contribution in [0.4, 0.5) is 5.95 Å². The quantitative estimate of drug-likeness (QED) is 0.689. The number of aromatic nitrogens is 2. The summed E-state index contributed by atoms with van der Waals surface area (Å²) in [7, 11) is 0. The fourth-order valence-electron chi connectivity index (χ4n) is 3.19. The van der Waals surface area contributed by atoms with Crippen LogP contribution in [0.1, 0.15) is 56.2 Å². The molecule has 1 aliphatic rings. The number of hydrogen-bond donors (Lipinski definition) is 0. The highest BCUT2D eigenvalue weighted by Gasteiger charge is 2.20. The Bertz CT molecular complexity index is 859. The second kappa shape index (κ2) is 8.14. The molecule has 0 fully saturated rings. The third-order valence-corrected chi connectivity index (χ3v) is 5.67. The molecule has 2 heterocycles. The van der Waals surface area contributed by atoms with Gasteiger partial charge in [0.05, 0.1) is 0 Å². The van der Waals surface area contributed by atoms with Gasteiger partial charge in [0.2, 0.25) is 5.95 Å². The summed E-state index contributed by atoms with van der Waals surface area (Å²) in [5, 5.41) is 9.70. The summed E-state index contributed by atoms with van der Waals surface area (Å²) in [6.45, 7) is 10.3. The maximum absolute atomic E-state index is 9.15. The highest BCUT2D eigenvalue weighted by molar-refractivity contribution is 8.03. The average molecular weight is 379 g/mol. The molecule has 1 aromatic heterocycles. The SMILES string of the molecule is CC1=CCC(c2ccc(CN(CC(C)(C)C)c3nccc(C#N)n3)cc2)S1. The van der Waals surface area contributed by atoms with Gasteiger partial charge < -0.3 is 4.90 Å². The molecule has 1 unspecified atom stereocenters. The third kappa shape index (κ3) is 5.33. The number of allylic oxidation sites excluding steroid dienone is 2. The minimum atomic E-state index is 0.0929. The Labute approximate surface area is 166 Å².